The molecule has 0 fully saturated rings. The minimum atomic E-state index is -0.703. The van der Waals surface area contributed by atoms with Gasteiger partial charge in [-0.05, 0) is 18.6 Å². The van der Waals surface area contributed by atoms with Crippen molar-refractivity contribution in [2.24, 2.45) is 0 Å². The number of hydrogen-bond donors (Lipinski definition) is 1. The van der Waals surface area contributed by atoms with Crippen molar-refractivity contribution in [2.75, 3.05) is 6.61 Å². The Morgan fingerprint density at radius 2 is 1.93 bits per heavy atom. The first-order valence-corrected chi connectivity index (χ1v) is 4.77. The highest BCUT2D eigenvalue weighted by Crippen LogP contribution is 1.97. The minimum Gasteiger partial charge on any atom is -0.449 e. The van der Waals surface area contributed by atoms with Crippen LogP contribution in [-0.2, 0) is 4.74 Å². The lowest BCUT2D eigenvalue weighted by atomic mass is 10.2. The van der Waals surface area contributed by atoms with Gasteiger partial charge in [0.05, 0.1) is 6.61 Å². The van der Waals surface area contributed by atoms with Crippen LogP contribution in [0.3, 0.4) is 0 Å². The highest BCUT2D eigenvalue weighted by molar-refractivity contribution is 6.02. The molecule has 15 heavy (non-hydrogen) atoms. The summed E-state index contributed by atoms with van der Waals surface area (Å²) in [6, 6.07) is 8.51. The summed E-state index contributed by atoms with van der Waals surface area (Å²) in [7, 11) is 0. The topological polar surface area (TPSA) is 55.4 Å². The zero-order valence-corrected chi connectivity index (χ0v) is 8.53. The first kappa shape index (κ1) is 11.2. The molecule has 0 aliphatic heterocycles. The van der Waals surface area contributed by atoms with Crippen LogP contribution in [0.5, 0.6) is 0 Å². The van der Waals surface area contributed by atoms with Crippen LogP contribution in [0.15, 0.2) is 30.3 Å². The molecule has 0 heterocycles. The fourth-order valence-electron chi connectivity index (χ4n) is 0.985. The second-order valence-corrected chi connectivity index (χ2v) is 2.96. The monoisotopic (exact) mass is 207 g/mol. The Kier molecular flexibility index (Phi) is 4.34. The van der Waals surface area contributed by atoms with Crippen LogP contribution < -0.4 is 5.32 Å². The first-order valence-electron chi connectivity index (χ1n) is 4.77. The predicted molar refractivity (Wildman–Crippen MR) is 55.5 cm³/mol. The van der Waals surface area contributed by atoms with Gasteiger partial charge in [-0.25, -0.2) is 4.79 Å². The van der Waals surface area contributed by atoms with Crippen LogP contribution in [0.1, 0.15) is 23.7 Å². The van der Waals surface area contributed by atoms with Crippen molar-refractivity contribution >= 4 is 12.0 Å². The number of carbonyl (C=O) groups is 2. The molecule has 0 radical (unpaired) electrons. The maximum atomic E-state index is 11.4. The normalized spacial score (nSPS) is 9.40. The summed E-state index contributed by atoms with van der Waals surface area (Å²) in [4.78, 5) is 22.4. The molecule has 80 valence electrons. The standard InChI is InChI=1S/C11H13NO3/c1-2-8-15-11(14)12-10(13)9-6-4-3-5-7-9/h3-7H,2,8H2,1H3,(H,12,13,14). The molecule has 0 atom stereocenters. The summed E-state index contributed by atoms with van der Waals surface area (Å²) >= 11 is 0. The molecule has 0 spiro atoms. The molecule has 0 aromatic heterocycles. The van der Waals surface area contributed by atoms with Crippen molar-refractivity contribution in [1.82, 2.24) is 5.32 Å². The Morgan fingerprint density at radius 3 is 2.53 bits per heavy atom. The van der Waals surface area contributed by atoms with Gasteiger partial charge in [0.1, 0.15) is 0 Å². The molecule has 1 N–H and O–H groups in total. The molecule has 0 aliphatic carbocycles. The molecule has 4 nitrogen and oxygen atoms in total. The average molecular weight is 207 g/mol. The number of amides is 2. The van der Waals surface area contributed by atoms with Gasteiger partial charge in [-0.1, -0.05) is 25.1 Å². The Bertz CT molecular complexity index is 335. The highest BCUT2D eigenvalue weighted by Gasteiger charge is 2.09. The van der Waals surface area contributed by atoms with Crippen molar-refractivity contribution < 1.29 is 14.3 Å². The second kappa shape index (κ2) is 5.80. The SMILES string of the molecule is CCCOC(=O)NC(=O)c1ccccc1. The molecule has 0 aliphatic rings. The van der Waals surface area contributed by atoms with Gasteiger partial charge in [-0.15, -0.1) is 0 Å². The van der Waals surface area contributed by atoms with Gasteiger partial charge >= 0.3 is 6.09 Å². The van der Waals surface area contributed by atoms with Gasteiger partial charge in [-0.3, -0.25) is 10.1 Å². The largest absolute Gasteiger partial charge is 0.449 e. The van der Waals surface area contributed by atoms with Crippen LogP contribution in [-0.4, -0.2) is 18.6 Å². The van der Waals surface area contributed by atoms with Crippen molar-refractivity contribution in [1.29, 1.82) is 0 Å². The van der Waals surface area contributed by atoms with Crippen molar-refractivity contribution in [3.05, 3.63) is 35.9 Å². The molecular weight excluding hydrogens is 194 g/mol. The van der Waals surface area contributed by atoms with Crippen molar-refractivity contribution in [3.63, 3.8) is 0 Å². The van der Waals surface area contributed by atoms with E-state index in [4.69, 9.17) is 4.74 Å². The quantitative estimate of drug-likeness (QED) is 0.824. The van der Waals surface area contributed by atoms with E-state index in [1.807, 2.05) is 6.92 Å². The Morgan fingerprint density at radius 1 is 1.27 bits per heavy atom. The highest BCUT2D eigenvalue weighted by atomic mass is 16.5. The summed E-state index contributed by atoms with van der Waals surface area (Å²) in [6.45, 7) is 2.19. The molecule has 0 saturated carbocycles. The van der Waals surface area contributed by atoms with Crippen molar-refractivity contribution in [3.8, 4) is 0 Å². The fourth-order valence-corrected chi connectivity index (χ4v) is 0.985. The summed E-state index contributed by atoms with van der Waals surface area (Å²) in [5, 5.41) is 2.13. The van der Waals surface area contributed by atoms with Gasteiger partial charge < -0.3 is 4.74 Å². The summed E-state index contributed by atoms with van der Waals surface area (Å²) in [6.07, 6.45) is 0.0261. The van der Waals surface area contributed by atoms with Gasteiger partial charge in [0.2, 0.25) is 0 Å². The van der Waals surface area contributed by atoms with E-state index in [0.29, 0.717) is 12.2 Å². The third-order valence-corrected chi connectivity index (χ3v) is 1.69. The lowest BCUT2D eigenvalue weighted by molar-refractivity contribution is 0.0920. The summed E-state index contributed by atoms with van der Waals surface area (Å²) in [5.41, 5.74) is 0.436. The molecule has 0 unspecified atom stereocenters. The van der Waals surface area contributed by atoms with Gasteiger partial charge in [0, 0.05) is 5.56 Å². The third kappa shape index (κ3) is 3.81. The van der Waals surface area contributed by atoms with E-state index >= 15 is 0 Å². The number of benzene rings is 1. The zero-order valence-electron chi connectivity index (χ0n) is 8.53. The fraction of sp³-hybridized carbons (Fsp3) is 0.273. The molecule has 1 aromatic rings. The van der Waals surface area contributed by atoms with Crippen molar-refractivity contribution in [2.45, 2.75) is 13.3 Å². The van der Waals surface area contributed by atoms with Crippen LogP contribution in [0, 0.1) is 0 Å². The van der Waals surface area contributed by atoms with E-state index in [1.54, 1.807) is 30.3 Å². The number of rotatable bonds is 3. The van der Waals surface area contributed by atoms with Crippen LogP contribution >= 0.6 is 0 Å². The van der Waals surface area contributed by atoms with Gasteiger partial charge in [-0.2, -0.15) is 0 Å². The maximum Gasteiger partial charge on any atom is 0.414 e. The third-order valence-electron chi connectivity index (χ3n) is 1.69. The van der Waals surface area contributed by atoms with E-state index in [1.165, 1.54) is 0 Å². The minimum absolute atomic E-state index is 0.313. The first-order chi connectivity index (χ1) is 7.24. The molecule has 1 aromatic carbocycles. The molecule has 2 amide bonds. The van der Waals surface area contributed by atoms with Crippen LogP contribution in [0.2, 0.25) is 0 Å². The number of alkyl carbamates (subject to hydrolysis) is 1. The van der Waals surface area contributed by atoms with Crippen LogP contribution in [0.25, 0.3) is 0 Å². The Hall–Kier alpha value is -1.84. The van der Waals surface area contributed by atoms with E-state index in [9.17, 15) is 9.59 Å². The van der Waals surface area contributed by atoms with Gasteiger partial charge in [0.15, 0.2) is 0 Å². The van der Waals surface area contributed by atoms with Crippen LogP contribution in [0.4, 0.5) is 4.79 Å². The summed E-state index contributed by atoms with van der Waals surface area (Å²) < 4.78 is 4.71. The molecule has 4 heteroatoms. The molecule has 1 rings (SSSR count). The van der Waals surface area contributed by atoms with E-state index in [2.05, 4.69) is 5.32 Å². The lowest BCUT2D eigenvalue weighted by Crippen LogP contribution is -2.31. The lowest BCUT2D eigenvalue weighted by Gasteiger charge is -2.04. The number of imide groups is 1. The molecular formula is C11H13NO3. The zero-order chi connectivity index (χ0) is 11.1. The predicted octanol–water partition coefficient (Wildman–Crippen LogP) is 1.96. The Balaban J connectivity index is 2.46. The number of carbonyl (C=O) groups excluding carboxylic acids is 2. The average Bonchev–Trinajstić information content (AvgIpc) is 2.27. The number of hydrogen-bond acceptors (Lipinski definition) is 3. The van der Waals surface area contributed by atoms with E-state index in [-0.39, 0.29) is 0 Å². The second-order valence-electron chi connectivity index (χ2n) is 2.96. The summed E-state index contributed by atoms with van der Waals surface area (Å²) in [5.74, 6) is -0.447. The molecule has 0 bridgehead atoms. The smallest absolute Gasteiger partial charge is 0.414 e. The van der Waals surface area contributed by atoms with Gasteiger partial charge in [0.25, 0.3) is 5.91 Å². The number of nitrogens with one attached hydrogen (secondary N) is 1. The Labute approximate surface area is 88.2 Å². The van der Waals surface area contributed by atoms with E-state index < -0.39 is 12.0 Å². The number of ether oxygens (including phenoxy) is 1. The maximum absolute atomic E-state index is 11.4. The van der Waals surface area contributed by atoms with E-state index in [0.717, 1.165) is 6.42 Å². The molecule has 0 saturated heterocycles.